The van der Waals surface area contributed by atoms with Gasteiger partial charge in [0.25, 0.3) is 5.82 Å². The zero-order valence-electron chi connectivity index (χ0n) is 16.9. The van der Waals surface area contributed by atoms with E-state index in [-0.39, 0.29) is 17.9 Å². The van der Waals surface area contributed by atoms with E-state index < -0.39 is 12.0 Å². The summed E-state index contributed by atoms with van der Waals surface area (Å²) in [6.45, 7) is -0.864. The lowest BCUT2D eigenvalue weighted by atomic mass is 9.64. The van der Waals surface area contributed by atoms with Crippen molar-refractivity contribution in [2.75, 3.05) is 0 Å². The van der Waals surface area contributed by atoms with Crippen LogP contribution < -0.4 is 10.3 Å². The Morgan fingerprint density at radius 2 is 1.63 bits per heavy atom. The highest BCUT2D eigenvalue weighted by Gasteiger charge is 2.51. The SMILES string of the molecule is Cc1n(C(F)F)cc[n+]1[C@@H]1CC[C@@H](C(C(N)=O)(c2ccccc2)c2ccccc2)C1. The normalized spacial score (nSPS) is 19.3. The molecule has 4 rings (SSSR count). The molecule has 0 radical (unpaired) electrons. The first-order chi connectivity index (χ1) is 14.5. The average molecular weight is 410 g/mol. The molecule has 0 unspecified atom stereocenters. The largest absolute Gasteiger partial charge is 0.387 e. The zero-order chi connectivity index (χ0) is 21.3. The fraction of sp³-hybridized carbons (Fsp3) is 0.333. The summed E-state index contributed by atoms with van der Waals surface area (Å²) in [4.78, 5) is 13.1. The van der Waals surface area contributed by atoms with Gasteiger partial charge in [-0.25, -0.2) is 4.57 Å². The van der Waals surface area contributed by atoms with Crippen molar-refractivity contribution in [1.29, 1.82) is 0 Å². The summed E-state index contributed by atoms with van der Waals surface area (Å²) < 4.78 is 29.3. The first-order valence-electron chi connectivity index (χ1n) is 10.2. The number of aromatic nitrogens is 2. The van der Waals surface area contributed by atoms with Crippen LogP contribution in [-0.4, -0.2) is 10.5 Å². The molecule has 0 aliphatic heterocycles. The van der Waals surface area contributed by atoms with Crippen molar-refractivity contribution in [3.05, 3.63) is 90.0 Å². The number of carbonyl (C=O) groups excluding carboxylic acids is 1. The number of rotatable bonds is 6. The van der Waals surface area contributed by atoms with Gasteiger partial charge in [0.2, 0.25) is 5.91 Å². The van der Waals surface area contributed by atoms with Crippen molar-refractivity contribution >= 4 is 5.91 Å². The molecule has 2 aromatic carbocycles. The molecule has 30 heavy (non-hydrogen) atoms. The molecule has 1 heterocycles. The van der Waals surface area contributed by atoms with E-state index in [9.17, 15) is 13.6 Å². The van der Waals surface area contributed by atoms with Crippen molar-refractivity contribution in [1.82, 2.24) is 4.57 Å². The minimum Gasteiger partial charge on any atom is -0.369 e. The van der Waals surface area contributed by atoms with Crippen LogP contribution in [0.3, 0.4) is 0 Å². The highest BCUT2D eigenvalue weighted by molar-refractivity contribution is 5.91. The van der Waals surface area contributed by atoms with Crippen LogP contribution >= 0.6 is 0 Å². The van der Waals surface area contributed by atoms with Gasteiger partial charge >= 0.3 is 6.55 Å². The second kappa shape index (κ2) is 8.01. The first-order valence-corrected chi connectivity index (χ1v) is 10.2. The molecule has 1 aromatic heterocycles. The minimum atomic E-state index is -2.57. The fourth-order valence-corrected chi connectivity index (χ4v) is 5.21. The summed E-state index contributed by atoms with van der Waals surface area (Å²) in [5.41, 5.74) is 6.92. The van der Waals surface area contributed by atoms with Gasteiger partial charge in [0, 0.05) is 6.92 Å². The highest BCUT2D eigenvalue weighted by Crippen LogP contribution is 2.48. The fourth-order valence-electron chi connectivity index (χ4n) is 5.21. The number of hydrogen-bond donors (Lipinski definition) is 1. The van der Waals surface area contributed by atoms with Crippen LogP contribution in [0.4, 0.5) is 8.78 Å². The number of alkyl halides is 2. The molecule has 1 amide bonds. The third-order valence-electron chi connectivity index (χ3n) is 6.60. The van der Waals surface area contributed by atoms with Gasteiger partial charge in [-0.15, -0.1) is 0 Å². The molecule has 2 atom stereocenters. The summed E-state index contributed by atoms with van der Waals surface area (Å²) in [7, 11) is 0. The van der Waals surface area contributed by atoms with Crippen LogP contribution in [0.2, 0.25) is 0 Å². The van der Waals surface area contributed by atoms with Crippen molar-refractivity contribution in [3.63, 3.8) is 0 Å². The van der Waals surface area contributed by atoms with E-state index in [1.807, 2.05) is 65.2 Å². The minimum absolute atomic E-state index is 0.0356. The lowest BCUT2D eigenvalue weighted by Crippen LogP contribution is -2.48. The number of imidazole rings is 1. The van der Waals surface area contributed by atoms with Crippen LogP contribution in [0.1, 0.15) is 48.8 Å². The molecule has 1 fully saturated rings. The Kier molecular flexibility index (Phi) is 5.41. The lowest BCUT2D eigenvalue weighted by molar-refractivity contribution is -0.727. The van der Waals surface area contributed by atoms with Crippen molar-refractivity contribution < 1.29 is 18.1 Å². The highest BCUT2D eigenvalue weighted by atomic mass is 19.3. The van der Waals surface area contributed by atoms with Gasteiger partial charge in [-0.2, -0.15) is 13.3 Å². The van der Waals surface area contributed by atoms with Crippen molar-refractivity contribution in [3.8, 4) is 0 Å². The van der Waals surface area contributed by atoms with Crippen LogP contribution in [0.5, 0.6) is 0 Å². The Bertz CT molecular complexity index is 978. The smallest absolute Gasteiger partial charge is 0.369 e. The van der Waals surface area contributed by atoms with E-state index >= 15 is 0 Å². The first kappa shape index (κ1) is 20.3. The molecule has 3 aromatic rings. The number of primary amides is 1. The van der Waals surface area contributed by atoms with Crippen molar-refractivity contribution in [2.45, 2.75) is 44.2 Å². The Hall–Kier alpha value is -3.02. The second-order valence-corrected chi connectivity index (χ2v) is 8.01. The summed E-state index contributed by atoms with van der Waals surface area (Å²) in [6.07, 6.45) is 5.40. The predicted molar refractivity (Wildman–Crippen MR) is 110 cm³/mol. The Morgan fingerprint density at radius 3 is 2.10 bits per heavy atom. The Morgan fingerprint density at radius 1 is 1.07 bits per heavy atom. The molecule has 1 saturated carbocycles. The van der Waals surface area contributed by atoms with E-state index in [4.69, 9.17) is 5.73 Å². The molecular formula is C24H26F2N3O+. The van der Waals surface area contributed by atoms with Crippen molar-refractivity contribution in [2.24, 2.45) is 11.7 Å². The van der Waals surface area contributed by atoms with Gasteiger partial charge in [-0.3, -0.25) is 4.79 Å². The number of halogens is 2. The number of amides is 1. The summed E-state index contributed by atoms with van der Waals surface area (Å²) in [5.74, 6) is 0.101. The zero-order valence-corrected chi connectivity index (χ0v) is 16.9. The predicted octanol–water partition coefficient (Wildman–Crippen LogP) is 4.29. The van der Waals surface area contributed by atoms with E-state index in [1.165, 1.54) is 6.20 Å². The van der Waals surface area contributed by atoms with E-state index in [2.05, 4.69) is 0 Å². The van der Waals surface area contributed by atoms with Gasteiger partial charge in [0.15, 0.2) is 0 Å². The molecule has 2 N–H and O–H groups in total. The van der Waals surface area contributed by atoms with Crippen LogP contribution in [0, 0.1) is 12.8 Å². The van der Waals surface area contributed by atoms with E-state index in [0.717, 1.165) is 28.5 Å². The monoisotopic (exact) mass is 410 g/mol. The molecule has 0 saturated heterocycles. The second-order valence-electron chi connectivity index (χ2n) is 8.01. The molecule has 1 aliphatic rings. The lowest BCUT2D eigenvalue weighted by Gasteiger charge is -2.37. The number of benzene rings is 2. The van der Waals surface area contributed by atoms with Gasteiger partial charge in [-0.05, 0) is 36.3 Å². The van der Waals surface area contributed by atoms with Gasteiger partial charge < -0.3 is 5.73 Å². The van der Waals surface area contributed by atoms with Gasteiger partial charge in [0.1, 0.15) is 23.9 Å². The summed E-state index contributed by atoms with van der Waals surface area (Å²) >= 11 is 0. The summed E-state index contributed by atoms with van der Waals surface area (Å²) in [5, 5.41) is 0. The molecule has 1 aliphatic carbocycles. The van der Waals surface area contributed by atoms with Crippen LogP contribution in [-0.2, 0) is 10.2 Å². The summed E-state index contributed by atoms with van der Waals surface area (Å²) in [6, 6.07) is 19.4. The quantitative estimate of drug-likeness (QED) is 0.606. The third-order valence-corrected chi connectivity index (χ3v) is 6.60. The molecule has 4 nitrogen and oxygen atoms in total. The van der Waals surface area contributed by atoms with Crippen LogP contribution in [0.25, 0.3) is 0 Å². The third kappa shape index (κ3) is 3.20. The molecular weight excluding hydrogens is 384 g/mol. The van der Waals surface area contributed by atoms with Gasteiger partial charge in [-0.1, -0.05) is 60.7 Å². The molecule has 0 bridgehead atoms. The van der Waals surface area contributed by atoms with Gasteiger partial charge in [0.05, 0.1) is 0 Å². The number of nitrogens with two attached hydrogens (primary N) is 1. The number of carbonyl (C=O) groups is 1. The topological polar surface area (TPSA) is 51.9 Å². The maximum Gasteiger partial charge on any atom is 0.387 e. The molecule has 0 spiro atoms. The Labute approximate surface area is 175 Å². The van der Waals surface area contributed by atoms with Crippen LogP contribution in [0.15, 0.2) is 73.1 Å². The standard InChI is InChI=1S/C24H25F2N3O/c1-17-28(14-15-29(17)23(25)26)21-13-12-20(16-21)24(22(27)30,18-8-4-2-5-9-18)19-10-6-3-7-11-19/h2-11,14-15,20-21,23H,12-13,16H2,1H3,(H-,27,30)/p+1/t20-,21-/m1/s1. The maximum absolute atomic E-state index is 13.2. The maximum atomic E-state index is 13.2. The number of hydrogen-bond acceptors (Lipinski definition) is 1. The number of nitrogens with zero attached hydrogens (tertiary/aromatic N) is 2. The Balaban J connectivity index is 1.77. The molecule has 6 heteroatoms. The van der Waals surface area contributed by atoms with E-state index in [0.29, 0.717) is 12.2 Å². The van der Waals surface area contributed by atoms with E-state index in [1.54, 1.807) is 13.1 Å². The average Bonchev–Trinajstić information content (AvgIpc) is 3.37. The molecule has 156 valence electrons.